The Balaban J connectivity index is 1.03. The molecule has 5 aromatic heterocycles. The molecule has 1 aromatic carbocycles. The van der Waals surface area contributed by atoms with Crippen LogP contribution in [0.25, 0.3) is 10.9 Å². The SMILES string of the molecule is CN(C)CCCNC(=O)c1cc(NC(=O)c2cc(NC(=O)c3ccc4[nH]c(C(=O)Nc5cc(C(=O)Nc6cc(C(=O)NCCCN(C)C)n(C)c6)n(C)c5)cc4c3)cn2C)cn1C. The highest BCUT2D eigenvalue weighted by molar-refractivity contribution is 6.11. The Bertz CT molecular complexity index is 2530. The highest BCUT2D eigenvalue weighted by atomic mass is 16.2. The molecule has 6 rings (SSSR count). The second kappa shape index (κ2) is 19.6. The number of nitrogens with one attached hydrogen (secondary N) is 7. The molecule has 5 heterocycles. The zero-order valence-corrected chi connectivity index (χ0v) is 36.8. The van der Waals surface area contributed by atoms with Gasteiger partial charge in [-0.2, -0.15) is 0 Å². The van der Waals surface area contributed by atoms with Gasteiger partial charge in [0.1, 0.15) is 28.5 Å². The topological polar surface area (TPSA) is 217 Å². The lowest BCUT2D eigenvalue weighted by Crippen LogP contribution is -2.28. The average Bonchev–Trinajstić information content (AvgIpc) is 4.05. The van der Waals surface area contributed by atoms with E-state index < -0.39 is 23.6 Å². The first-order chi connectivity index (χ1) is 29.9. The van der Waals surface area contributed by atoms with E-state index in [1.165, 1.54) is 0 Å². The van der Waals surface area contributed by atoms with Crippen molar-refractivity contribution >= 4 is 69.1 Å². The molecule has 0 unspecified atom stereocenters. The molecule has 0 saturated carbocycles. The van der Waals surface area contributed by atoms with E-state index in [2.05, 4.69) is 36.9 Å². The van der Waals surface area contributed by atoms with E-state index in [0.717, 1.165) is 25.9 Å². The number of hydrogen-bond acceptors (Lipinski definition) is 8. The molecule has 0 fully saturated rings. The van der Waals surface area contributed by atoms with Gasteiger partial charge in [-0.25, -0.2) is 0 Å². The maximum Gasteiger partial charge on any atom is 0.272 e. The number of hydrogen-bond donors (Lipinski definition) is 7. The first-order valence-electron chi connectivity index (χ1n) is 20.3. The maximum absolute atomic E-state index is 13.4. The molecule has 6 aromatic rings. The maximum atomic E-state index is 13.4. The molecule has 6 amide bonds. The Kier molecular flexibility index (Phi) is 14.0. The number of H-pyrrole nitrogens is 1. The molecule has 19 nitrogen and oxygen atoms in total. The molecule has 7 N–H and O–H groups in total. The van der Waals surface area contributed by atoms with E-state index in [1.807, 2.05) is 38.0 Å². The zero-order valence-electron chi connectivity index (χ0n) is 36.8. The van der Waals surface area contributed by atoms with Crippen molar-refractivity contribution in [2.75, 3.05) is 75.6 Å². The number of fused-ring (bicyclic) bond motifs is 1. The largest absolute Gasteiger partial charge is 0.351 e. The van der Waals surface area contributed by atoms with E-state index >= 15 is 0 Å². The van der Waals surface area contributed by atoms with Crippen LogP contribution in [0.5, 0.6) is 0 Å². The molecule has 0 bridgehead atoms. The second-order valence-electron chi connectivity index (χ2n) is 16.0. The Labute approximate surface area is 364 Å². The molecule has 0 saturated heterocycles. The van der Waals surface area contributed by atoms with Crippen molar-refractivity contribution in [2.45, 2.75) is 12.8 Å². The van der Waals surface area contributed by atoms with E-state index in [-0.39, 0.29) is 28.9 Å². The number of amides is 6. The van der Waals surface area contributed by atoms with Crippen molar-refractivity contribution < 1.29 is 28.8 Å². The summed E-state index contributed by atoms with van der Waals surface area (Å²) in [7, 11) is 14.7. The van der Waals surface area contributed by atoms with Gasteiger partial charge in [0.2, 0.25) is 0 Å². The molecule has 332 valence electrons. The van der Waals surface area contributed by atoms with Crippen molar-refractivity contribution in [2.24, 2.45) is 28.2 Å². The second-order valence-corrected chi connectivity index (χ2v) is 16.0. The molecular formula is C44H55N13O6. The number of aromatic nitrogens is 5. The minimum atomic E-state index is -0.459. The molecule has 0 aliphatic rings. The first kappa shape index (κ1) is 45.2. The van der Waals surface area contributed by atoms with Crippen molar-refractivity contribution in [3.05, 3.63) is 107 Å². The number of carbonyl (C=O) groups excluding carboxylic acids is 6. The minimum Gasteiger partial charge on any atom is -0.351 e. The third-order valence-corrected chi connectivity index (χ3v) is 10.2. The Morgan fingerprint density at radius 3 is 1.29 bits per heavy atom. The summed E-state index contributed by atoms with van der Waals surface area (Å²) in [6.07, 6.45) is 8.16. The third-order valence-electron chi connectivity index (χ3n) is 10.2. The fourth-order valence-electron chi connectivity index (χ4n) is 7.00. The van der Waals surface area contributed by atoms with Gasteiger partial charge in [-0.1, -0.05) is 0 Å². The summed E-state index contributed by atoms with van der Waals surface area (Å²) in [6.45, 7) is 2.75. The predicted octanol–water partition coefficient (Wildman–Crippen LogP) is 3.89. The van der Waals surface area contributed by atoms with Gasteiger partial charge in [-0.05, 0) is 103 Å². The summed E-state index contributed by atoms with van der Waals surface area (Å²) in [5, 5.41) is 17.7. The Morgan fingerprint density at radius 2 is 0.873 bits per heavy atom. The fourth-order valence-corrected chi connectivity index (χ4v) is 7.00. The molecule has 0 aliphatic heterocycles. The van der Waals surface area contributed by atoms with Crippen molar-refractivity contribution in [3.8, 4) is 0 Å². The summed E-state index contributed by atoms with van der Waals surface area (Å²) < 4.78 is 6.46. The number of nitrogens with zero attached hydrogens (tertiary/aromatic N) is 6. The summed E-state index contributed by atoms with van der Waals surface area (Å²) in [6, 6.07) is 12.9. The molecule has 19 heteroatoms. The number of rotatable bonds is 18. The zero-order chi connectivity index (χ0) is 45.5. The lowest BCUT2D eigenvalue weighted by Gasteiger charge is -2.10. The number of aromatic amines is 1. The average molecular weight is 862 g/mol. The summed E-state index contributed by atoms with van der Waals surface area (Å²) in [5.41, 5.74) is 4.23. The lowest BCUT2D eigenvalue weighted by atomic mass is 10.1. The number of anilines is 4. The summed E-state index contributed by atoms with van der Waals surface area (Å²) in [4.78, 5) is 85.8. The van der Waals surface area contributed by atoms with Gasteiger partial charge in [0.15, 0.2) is 0 Å². The highest BCUT2D eigenvalue weighted by Gasteiger charge is 2.20. The van der Waals surface area contributed by atoms with Crippen LogP contribution in [0.1, 0.15) is 75.6 Å². The number of carbonyl (C=O) groups is 6. The van der Waals surface area contributed by atoms with Crippen molar-refractivity contribution in [1.29, 1.82) is 0 Å². The highest BCUT2D eigenvalue weighted by Crippen LogP contribution is 2.23. The Morgan fingerprint density at radius 1 is 0.492 bits per heavy atom. The van der Waals surface area contributed by atoms with E-state index in [1.54, 1.807) is 120 Å². The van der Waals surface area contributed by atoms with Crippen LogP contribution in [0.3, 0.4) is 0 Å². The fraction of sp³-hybridized carbons (Fsp3) is 0.318. The van der Waals surface area contributed by atoms with E-state index in [0.29, 0.717) is 63.7 Å². The summed E-state index contributed by atoms with van der Waals surface area (Å²) >= 11 is 0. The normalized spacial score (nSPS) is 11.3. The molecule has 0 atom stereocenters. The van der Waals surface area contributed by atoms with Gasteiger partial charge in [-0.3, -0.25) is 28.8 Å². The van der Waals surface area contributed by atoms with Crippen LogP contribution in [0.4, 0.5) is 22.7 Å². The quantitative estimate of drug-likeness (QED) is 0.0628. The first-order valence-corrected chi connectivity index (χ1v) is 20.3. The van der Waals surface area contributed by atoms with Crippen LogP contribution in [-0.2, 0) is 28.2 Å². The third kappa shape index (κ3) is 11.3. The van der Waals surface area contributed by atoms with Crippen LogP contribution in [0.2, 0.25) is 0 Å². The van der Waals surface area contributed by atoms with Crippen LogP contribution >= 0.6 is 0 Å². The predicted molar refractivity (Wildman–Crippen MR) is 243 cm³/mol. The number of benzene rings is 1. The van der Waals surface area contributed by atoms with Crippen LogP contribution < -0.4 is 31.9 Å². The smallest absolute Gasteiger partial charge is 0.272 e. The summed E-state index contributed by atoms with van der Waals surface area (Å²) in [5.74, 6) is -2.21. The van der Waals surface area contributed by atoms with Crippen LogP contribution in [0, 0.1) is 0 Å². The molecule has 0 aliphatic carbocycles. The van der Waals surface area contributed by atoms with Gasteiger partial charge < -0.3 is 65.0 Å². The molecule has 0 spiro atoms. The van der Waals surface area contributed by atoms with Crippen molar-refractivity contribution in [1.82, 2.24) is 43.7 Å². The van der Waals surface area contributed by atoms with Gasteiger partial charge in [0, 0.05) is 82.5 Å². The lowest BCUT2D eigenvalue weighted by molar-refractivity contribution is 0.0936. The monoisotopic (exact) mass is 861 g/mol. The number of aryl methyl sites for hydroxylation is 4. The van der Waals surface area contributed by atoms with E-state index in [9.17, 15) is 28.8 Å². The molecule has 0 radical (unpaired) electrons. The minimum absolute atomic E-state index is 0.235. The molecular weight excluding hydrogens is 807 g/mol. The Hall–Kier alpha value is -7.38. The van der Waals surface area contributed by atoms with E-state index in [4.69, 9.17) is 0 Å². The van der Waals surface area contributed by atoms with Gasteiger partial charge in [-0.15, -0.1) is 0 Å². The van der Waals surface area contributed by atoms with Crippen LogP contribution in [0.15, 0.2) is 73.3 Å². The van der Waals surface area contributed by atoms with Gasteiger partial charge in [0.05, 0.1) is 22.7 Å². The van der Waals surface area contributed by atoms with Gasteiger partial charge in [0.25, 0.3) is 35.4 Å². The van der Waals surface area contributed by atoms with Crippen molar-refractivity contribution in [3.63, 3.8) is 0 Å². The standard InChI is InChI=1S/C44H55N13O6/c1-52(2)15-9-13-45-41(60)35-19-31(25-54(35)5)49-43(62)37-21-29(23-56(37)7)47-39(58)27-11-12-33-28(17-27)18-34(51-33)40(59)48-30-22-38(57(8)24-30)44(63)50-32-20-36(55(6)26-32)42(61)46-14-10-16-53(3)4/h11-12,17-26,51H,9-10,13-16H2,1-8H3,(H,45,60)(H,46,61)(H,47,58)(H,48,59)(H,49,62)(H,50,63). The van der Waals surface area contributed by atoms with Crippen LogP contribution in [-0.4, -0.2) is 123 Å². The van der Waals surface area contributed by atoms with Gasteiger partial charge >= 0.3 is 0 Å². The molecule has 63 heavy (non-hydrogen) atoms.